The molecular formula is C11H17N5O. The van der Waals surface area contributed by atoms with Gasteiger partial charge >= 0.3 is 0 Å². The number of nitrogens with zero attached hydrogens (tertiary/aromatic N) is 3. The number of nitrogens with one attached hydrogen (secondary N) is 1. The second-order valence-electron chi connectivity index (χ2n) is 4.34. The molecule has 2 atom stereocenters. The Morgan fingerprint density at radius 3 is 2.71 bits per heavy atom. The van der Waals surface area contributed by atoms with E-state index in [0.717, 1.165) is 13.1 Å². The van der Waals surface area contributed by atoms with Gasteiger partial charge in [0.15, 0.2) is 5.82 Å². The minimum absolute atomic E-state index is 0.0155. The van der Waals surface area contributed by atoms with Gasteiger partial charge in [-0.15, -0.1) is 5.10 Å². The van der Waals surface area contributed by atoms with Crippen molar-refractivity contribution < 1.29 is 4.74 Å². The maximum atomic E-state index is 7.55. The van der Waals surface area contributed by atoms with Gasteiger partial charge in [0.25, 0.3) is 0 Å². The van der Waals surface area contributed by atoms with Gasteiger partial charge in [-0.05, 0) is 19.9 Å². The van der Waals surface area contributed by atoms with Crippen LogP contribution in [0.3, 0.4) is 0 Å². The third-order valence-corrected chi connectivity index (χ3v) is 2.71. The zero-order chi connectivity index (χ0) is 12.4. The SMILES string of the molecule is C[C@@H]1CN(c2nnccc2C(=N)N)C[C@H](C)O1. The van der Waals surface area contributed by atoms with Crippen LogP contribution in [-0.2, 0) is 4.74 Å². The predicted octanol–water partition coefficient (Wildman–Crippen LogP) is 0.374. The molecule has 92 valence electrons. The van der Waals surface area contributed by atoms with Crippen molar-refractivity contribution >= 4 is 11.7 Å². The summed E-state index contributed by atoms with van der Waals surface area (Å²) in [5.41, 5.74) is 6.17. The molecule has 1 aromatic rings. The summed E-state index contributed by atoms with van der Waals surface area (Å²) in [6.45, 7) is 5.52. The summed E-state index contributed by atoms with van der Waals surface area (Å²) in [6, 6.07) is 1.72. The van der Waals surface area contributed by atoms with Gasteiger partial charge in [-0.1, -0.05) is 0 Å². The summed E-state index contributed by atoms with van der Waals surface area (Å²) in [4.78, 5) is 2.07. The van der Waals surface area contributed by atoms with Crippen LogP contribution >= 0.6 is 0 Å². The highest BCUT2D eigenvalue weighted by Gasteiger charge is 2.25. The number of rotatable bonds is 2. The van der Waals surface area contributed by atoms with E-state index in [2.05, 4.69) is 15.1 Å². The van der Waals surface area contributed by atoms with Crippen molar-refractivity contribution in [3.63, 3.8) is 0 Å². The molecule has 3 N–H and O–H groups in total. The molecule has 6 nitrogen and oxygen atoms in total. The van der Waals surface area contributed by atoms with E-state index >= 15 is 0 Å². The maximum Gasteiger partial charge on any atom is 0.162 e. The standard InChI is InChI=1S/C11H17N5O/c1-7-5-16(6-8(2)17-7)11-9(10(12)13)3-4-14-15-11/h3-4,7-8H,5-6H2,1-2H3,(H3,12,13)/t7-,8+. The van der Waals surface area contributed by atoms with Gasteiger partial charge < -0.3 is 15.4 Å². The van der Waals surface area contributed by atoms with E-state index in [9.17, 15) is 0 Å². The lowest BCUT2D eigenvalue weighted by molar-refractivity contribution is -0.00551. The largest absolute Gasteiger partial charge is 0.384 e. The van der Waals surface area contributed by atoms with Crippen LogP contribution in [0.2, 0.25) is 0 Å². The summed E-state index contributed by atoms with van der Waals surface area (Å²) in [5, 5.41) is 15.5. The molecule has 1 aliphatic heterocycles. The first-order valence-electron chi connectivity index (χ1n) is 5.64. The third-order valence-electron chi connectivity index (χ3n) is 2.71. The summed E-state index contributed by atoms with van der Waals surface area (Å²) >= 11 is 0. The van der Waals surface area contributed by atoms with Crippen LogP contribution in [-0.4, -0.2) is 41.3 Å². The predicted molar refractivity (Wildman–Crippen MR) is 65.3 cm³/mol. The highest BCUT2D eigenvalue weighted by Crippen LogP contribution is 2.20. The second kappa shape index (κ2) is 4.67. The number of anilines is 1. The lowest BCUT2D eigenvalue weighted by Crippen LogP contribution is -2.46. The molecule has 0 amide bonds. The maximum absolute atomic E-state index is 7.55. The van der Waals surface area contributed by atoms with Gasteiger partial charge in [0.1, 0.15) is 5.84 Å². The van der Waals surface area contributed by atoms with Crippen LogP contribution in [0.15, 0.2) is 12.3 Å². The minimum Gasteiger partial charge on any atom is -0.384 e. The van der Waals surface area contributed by atoms with E-state index in [0.29, 0.717) is 11.4 Å². The third kappa shape index (κ3) is 2.52. The van der Waals surface area contributed by atoms with Crippen molar-refractivity contribution in [2.24, 2.45) is 5.73 Å². The Kier molecular flexibility index (Phi) is 3.23. The highest BCUT2D eigenvalue weighted by molar-refractivity contribution is 5.99. The van der Waals surface area contributed by atoms with E-state index in [1.54, 1.807) is 12.3 Å². The van der Waals surface area contributed by atoms with Gasteiger partial charge in [-0.25, -0.2) is 0 Å². The number of amidine groups is 1. The average molecular weight is 235 g/mol. The Morgan fingerprint density at radius 2 is 2.12 bits per heavy atom. The van der Waals surface area contributed by atoms with Gasteiger partial charge in [0.05, 0.1) is 24.0 Å². The molecule has 0 unspecified atom stereocenters. The first kappa shape index (κ1) is 11.8. The molecule has 0 bridgehead atoms. The lowest BCUT2D eigenvalue weighted by atomic mass is 10.2. The van der Waals surface area contributed by atoms with Crippen LogP contribution in [0.5, 0.6) is 0 Å². The average Bonchev–Trinajstić information content (AvgIpc) is 2.27. The molecule has 0 radical (unpaired) electrons. The molecule has 1 fully saturated rings. The Labute approximate surface area is 100 Å². The van der Waals surface area contributed by atoms with Gasteiger partial charge in [-0.2, -0.15) is 5.10 Å². The number of hydrogen-bond donors (Lipinski definition) is 2. The Hall–Kier alpha value is -1.69. The van der Waals surface area contributed by atoms with Crippen molar-refractivity contribution in [3.05, 3.63) is 17.8 Å². The molecule has 1 aliphatic rings. The molecule has 0 aliphatic carbocycles. The quantitative estimate of drug-likeness (QED) is 0.571. The van der Waals surface area contributed by atoms with E-state index < -0.39 is 0 Å². The van der Waals surface area contributed by atoms with Gasteiger partial charge in [0, 0.05) is 13.1 Å². The molecule has 1 aromatic heterocycles. The van der Waals surface area contributed by atoms with E-state index in [1.807, 2.05) is 13.8 Å². The zero-order valence-electron chi connectivity index (χ0n) is 10.1. The molecule has 6 heteroatoms. The second-order valence-corrected chi connectivity index (χ2v) is 4.34. The van der Waals surface area contributed by atoms with E-state index in [-0.39, 0.29) is 18.0 Å². The number of nitrogens with two attached hydrogens (primary N) is 1. The summed E-state index contributed by atoms with van der Waals surface area (Å²) < 4.78 is 5.66. The van der Waals surface area contributed by atoms with Crippen molar-refractivity contribution in [1.29, 1.82) is 5.41 Å². The lowest BCUT2D eigenvalue weighted by Gasteiger charge is -2.36. The van der Waals surface area contributed by atoms with E-state index in [1.165, 1.54) is 0 Å². The van der Waals surface area contributed by atoms with Crippen LogP contribution < -0.4 is 10.6 Å². The fourth-order valence-electron chi connectivity index (χ4n) is 2.12. The number of nitrogen functional groups attached to an aromatic ring is 1. The number of aromatic nitrogens is 2. The molecule has 0 spiro atoms. The van der Waals surface area contributed by atoms with Crippen molar-refractivity contribution in [3.8, 4) is 0 Å². The molecule has 1 saturated heterocycles. The molecule has 2 heterocycles. The summed E-state index contributed by atoms with van der Waals surface area (Å²) in [5.74, 6) is 0.684. The fourth-order valence-corrected chi connectivity index (χ4v) is 2.12. The number of morpholine rings is 1. The minimum atomic E-state index is 0.0155. The van der Waals surface area contributed by atoms with Crippen LogP contribution in [0.1, 0.15) is 19.4 Å². The van der Waals surface area contributed by atoms with Crippen molar-refractivity contribution in [1.82, 2.24) is 10.2 Å². The Balaban J connectivity index is 2.30. The van der Waals surface area contributed by atoms with Crippen LogP contribution in [0, 0.1) is 5.41 Å². The zero-order valence-corrected chi connectivity index (χ0v) is 10.1. The Morgan fingerprint density at radius 1 is 1.47 bits per heavy atom. The normalized spacial score (nSPS) is 24.7. The summed E-state index contributed by atoms with van der Waals surface area (Å²) in [7, 11) is 0. The first-order valence-corrected chi connectivity index (χ1v) is 5.64. The Bertz CT molecular complexity index is 412. The number of hydrogen-bond acceptors (Lipinski definition) is 5. The van der Waals surface area contributed by atoms with Crippen LogP contribution in [0.4, 0.5) is 5.82 Å². The first-order chi connectivity index (χ1) is 8.08. The smallest absolute Gasteiger partial charge is 0.162 e. The monoisotopic (exact) mass is 235 g/mol. The number of ether oxygens (including phenoxy) is 1. The van der Waals surface area contributed by atoms with E-state index in [4.69, 9.17) is 15.9 Å². The van der Waals surface area contributed by atoms with Gasteiger partial charge in [-0.3, -0.25) is 5.41 Å². The molecule has 17 heavy (non-hydrogen) atoms. The van der Waals surface area contributed by atoms with Crippen LogP contribution in [0.25, 0.3) is 0 Å². The van der Waals surface area contributed by atoms with Crippen molar-refractivity contribution in [2.75, 3.05) is 18.0 Å². The topological polar surface area (TPSA) is 88.1 Å². The molecule has 2 rings (SSSR count). The fraction of sp³-hybridized carbons (Fsp3) is 0.545. The summed E-state index contributed by atoms with van der Waals surface area (Å²) in [6.07, 6.45) is 1.83. The molecular weight excluding hydrogens is 218 g/mol. The molecule has 0 aromatic carbocycles. The van der Waals surface area contributed by atoms with Gasteiger partial charge in [0.2, 0.25) is 0 Å². The highest BCUT2D eigenvalue weighted by atomic mass is 16.5. The molecule has 0 saturated carbocycles. The van der Waals surface area contributed by atoms with Crippen molar-refractivity contribution in [2.45, 2.75) is 26.1 Å².